The molecule has 206 valence electrons. The summed E-state index contributed by atoms with van der Waals surface area (Å²) in [5.41, 5.74) is 4.87. The largest absolute Gasteiger partial charge is 0.392 e. The number of aromatic nitrogens is 1. The molecule has 0 spiro atoms. The topological polar surface area (TPSA) is 92.7 Å². The van der Waals surface area contributed by atoms with Gasteiger partial charge in [-0.05, 0) is 34.4 Å². The first-order valence-corrected chi connectivity index (χ1v) is 14.3. The van der Waals surface area contributed by atoms with E-state index in [4.69, 9.17) is 9.47 Å². The number of hydrogen-bond acceptors (Lipinski definition) is 6. The van der Waals surface area contributed by atoms with Crippen LogP contribution >= 0.6 is 11.8 Å². The Bertz CT molecular complexity index is 1340. The van der Waals surface area contributed by atoms with Crippen molar-refractivity contribution in [3.05, 3.63) is 131 Å². The summed E-state index contributed by atoms with van der Waals surface area (Å²) in [5.74, 6) is 0.752. The van der Waals surface area contributed by atoms with Crippen LogP contribution in [0.5, 0.6) is 0 Å². The number of thioether (sulfide) groups is 1. The van der Waals surface area contributed by atoms with Gasteiger partial charge in [-0.2, -0.15) is 0 Å². The third-order valence-electron chi connectivity index (χ3n) is 6.67. The van der Waals surface area contributed by atoms with Crippen LogP contribution in [0.3, 0.4) is 0 Å². The van der Waals surface area contributed by atoms with Gasteiger partial charge in [-0.1, -0.05) is 84.9 Å². The van der Waals surface area contributed by atoms with Crippen LogP contribution in [0.15, 0.2) is 108 Å². The summed E-state index contributed by atoms with van der Waals surface area (Å²) < 4.78 is 12.8. The van der Waals surface area contributed by atoms with Crippen LogP contribution in [0.1, 0.15) is 46.6 Å². The Morgan fingerprint density at radius 1 is 0.800 bits per heavy atom. The Morgan fingerprint density at radius 2 is 1.45 bits per heavy atom. The van der Waals surface area contributed by atoms with E-state index in [2.05, 4.69) is 15.6 Å². The molecule has 1 aliphatic heterocycles. The second kappa shape index (κ2) is 14.1. The average Bonchev–Trinajstić information content (AvgIpc) is 3.03. The molecule has 1 fully saturated rings. The van der Waals surface area contributed by atoms with E-state index < -0.39 is 6.29 Å². The van der Waals surface area contributed by atoms with Gasteiger partial charge in [0, 0.05) is 37.0 Å². The van der Waals surface area contributed by atoms with Crippen LogP contribution in [0.2, 0.25) is 0 Å². The number of carbonyl (C=O) groups excluding carboxylic acids is 1. The summed E-state index contributed by atoms with van der Waals surface area (Å²) in [7, 11) is 0. The van der Waals surface area contributed by atoms with E-state index in [1.165, 1.54) is 0 Å². The Hall–Kier alpha value is -3.69. The van der Waals surface area contributed by atoms with Gasteiger partial charge in [0.1, 0.15) is 0 Å². The number of amides is 2. The molecule has 40 heavy (non-hydrogen) atoms. The van der Waals surface area contributed by atoms with E-state index >= 15 is 0 Å². The normalized spacial score (nSPS) is 18.7. The molecule has 0 radical (unpaired) electrons. The highest BCUT2D eigenvalue weighted by molar-refractivity contribution is 7.99. The zero-order chi connectivity index (χ0) is 27.6. The van der Waals surface area contributed by atoms with Crippen molar-refractivity contribution in [3.63, 3.8) is 0 Å². The van der Waals surface area contributed by atoms with Gasteiger partial charge in [0.15, 0.2) is 6.29 Å². The summed E-state index contributed by atoms with van der Waals surface area (Å²) in [4.78, 5) is 16.7. The van der Waals surface area contributed by atoms with Crippen LogP contribution in [0.25, 0.3) is 0 Å². The Kier molecular flexibility index (Phi) is 9.82. The van der Waals surface area contributed by atoms with Crippen molar-refractivity contribution in [2.75, 3.05) is 5.75 Å². The van der Waals surface area contributed by atoms with Gasteiger partial charge < -0.3 is 25.2 Å². The molecule has 1 aliphatic rings. The molecule has 0 unspecified atom stereocenters. The highest BCUT2D eigenvalue weighted by Crippen LogP contribution is 2.39. The summed E-state index contributed by atoms with van der Waals surface area (Å²) in [5, 5.41) is 16.2. The van der Waals surface area contributed by atoms with Crippen molar-refractivity contribution in [3.8, 4) is 0 Å². The van der Waals surface area contributed by atoms with E-state index in [0.29, 0.717) is 13.1 Å². The Labute approximate surface area is 239 Å². The maximum Gasteiger partial charge on any atom is 0.315 e. The zero-order valence-electron chi connectivity index (χ0n) is 22.1. The van der Waals surface area contributed by atoms with Gasteiger partial charge in [-0.3, -0.25) is 0 Å². The summed E-state index contributed by atoms with van der Waals surface area (Å²) in [6, 6.07) is 31.3. The quantitative estimate of drug-likeness (QED) is 0.211. The molecule has 5 rings (SSSR count). The molecule has 3 atom stereocenters. The SMILES string of the molecule is O=C(NCc1ccccc1)NCc1ccc([C@@H]2O[C@H](CSc3ccccn3)C[C@H](c3ccc(CO)cc3)O2)cc1. The predicted octanol–water partition coefficient (Wildman–Crippen LogP) is 5.91. The van der Waals surface area contributed by atoms with Crippen molar-refractivity contribution >= 4 is 17.8 Å². The molecule has 8 heteroatoms. The van der Waals surface area contributed by atoms with Crippen molar-refractivity contribution in [1.82, 2.24) is 15.6 Å². The monoisotopic (exact) mass is 555 g/mol. The molecular weight excluding hydrogens is 522 g/mol. The fraction of sp³-hybridized carbons (Fsp3) is 0.250. The molecule has 0 bridgehead atoms. The third kappa shape index (κ3) is 7.92. The number of nitrogens with zero attached hydrogens (tertiary/aromatic N) is 1. The molecule has 7 nitrogen and oxygen atoms in total. The smallest absolute Gasteiger partial charge is 0.315 e. The number of carbonyl (C=O) groups is 1. The predicted molar refractivity (Wildman–Crippen MR) is 155 cm³/mol. The van der Waals surface area contributed by atoms with Gasteiger partial charge in [0.25, 0.3) is 0 Å². The summed E-state index contributed by atoms with van der Waals surface area (Å²) >= 11 is 1.67. The molecule has 1 saturated heterocycles. The molecular formula is C32H33N3O4S. The Morgan fingerprint density at radius 3 is 2.12 bits per heavy atom. The maximum atomic E-state index is 12.2. The van der Waals surface area contributed by atoms with Crippen molar-refractivity contribution < 1.29 is 19.4 Å². The van der Waals surface area contributed by atoms with E-state index in [1.54, 1.807) is 18.0 Å². The number of aliphatic hydroxyl groups excluding tert-OH is 1. The molecule has 3 aromatic carbocycles. The lowest BCUT2D eigenvalue weighted by Crippen LogP contribution is -2.34. The van der Waals surface area contributed by atoms with Gasteiger partial charge in [0.05, 0.1) is 23.8 Å². The number of pyridine rings is 1. The van der Waals surface area contributed by atoms with Crippen molar-refractivity contribution in [2.45, 2.75) is 49.6 Å². The first kappa shape index (κ1) is 27.9. The second-order valence-electron chi connectivity index (χ2n) is 9.59. The van der Waals surface area contributed by atoms with E-state index in [1.807, 2.05) is 97.1 Å². The van der Waals surface area contributed by atoms with Gasteiger partial charge in [-0.15, -0.1) is 11.8 Å². The van der Waals surface area contributed by atoms with Crippen molar-refractivity contribution in [2.24, 2.45) is 0 Å². The summed E-state index contributed by atoms with van der Waals surface area (Å²) in [6.45, 7) is 0.902. The second-order valence-corrected chi connectivity index (χ2v) is 10.6. The van der Waals surface area contributed by atoms with Crippen LogP contribution in [-0.2, 0) is 29.2 Å². The maximum absolute atomic E-state index is 12.2. The molecule has 2 heterocycles. The van der Waals surface area contributed by atoms with Gasteiger partial charge in [0.2, 0.25) is 0 Å². The minimum absolute atomic E-state index is 0.0107. The van der Waals surface area contributed by atoms with Gasteiger partial charge in [-0.25, -0.2) is 9.78 Å². The molecule has 3 N–H and O–H groups in total. The number of rotatable bonds is 10. The van der Waals surface area contributed by atoms with E-state index in [0.717, 1.165) is 45.0 Å². The van der Waals surface area contributed by atoms with Crippen molar-refractivity contribution in [1.29, 1.82) is 0 Å². The fourth-order valence-corrected chi connectivity index (χ4v) is 5.33. The van der Waals surface area contributed by atoms with Crippen LogP contribution in [0.4, 0.5) is 4.79 Å². The molecule has 1 aromatic heterocycles. The molecule has 0 saturated carbocycles. The first-order chi connectivity index (χ1) is 19.7. The highest BCUT2D eigenvalue weighted by atomic mass is 32.2. The van der Waals surface area contributed by atoms with Crippen LogP contribution < -0.4 is 10.6 Å². The lowest BCUT2D eigenvalue weighted by Gasteiger charge is -2.36. The zero-order valence-corrected chi connectivity index (χ0v) is 22.9. The molecule has 2 amide bonds. The lowest BCUT2D eigenvalue weighted by atomic mass is 10.0. The first-order valence-electron chi connectivity index (χ1n) is 13.3. The van der Waals surface area contributed by atoms with E-state index in [9.17, 15) is 9.90 Å². The third-order valence-corrected chi connectivity index (χ3v) is 7.75. The molecule has 0 aliphatic carbocycles. The number of hydrogen-bond donors (Lipinski definition) is 3. The minimum atomic E-state index is -0.526. The molecule has 4 aromatic rings. The minimum Gasteiger partial charge on any atom is -0.392 e. The number of urea groups is 1. The van der Waals surface area contributed by atoms with Crippen LogP contribution in [0, 0.1) is 0 Å². The average molecular weight is 556 g/mol. The van der Waals surface area contributed by atoms with Gasteiger partial charge >= 0.3 is 6.03 Å². The standard InChI is InChI=1S/C32H33N3O4S/c36-21-25-11-13-26(14-12-25)29-18-28(22-40-30-8-4-5-17-33-30)38-31(39-29)27-15-9-24(10-16-27)20-35-32(37)34-19-23-6-2-1-3-7-23/h1-17,28-29,31,36H,18-22H2,(H2,34,35,37)/t28-,29+,31+/m0/s1. The fourth-order valence-electron chi connectivity index (χ4n) is 4.45. The summed E-state index contributed by atoms with van der Waals surface area (Å²) in [6.07, 6.45) is 1.81. The number of ether oxygens (including phenoxy) is 2. The van der Waals surface area contributed by atoms with Crippen LogP contribution in [-0.4, -0.2) is 28.0 Å². The number of nitrogens with one attached hydrogen (secondary N) is 2. The number of aliphatic hydroxyl groups is 1. The van der Waals surface area contributed by atoms with E-state index in [-0.39, 0.29) is 24.8 Å². The number of benzene rings is 3. The Balaban J connectivity index is 1.21. The lowest BCUT2D eigenvalue weighted by molar-refractivity contribution is -0.245. The highest BCUT2D eigenvalue weighted by Gasteiger charge is 2.32.